The molecular weight excluding hydrogens is 450 g/mol. The summed E-state index contributed by atoms with van der Waals surface area (Å²) in [6.45, 7) is 13.7. The van der Waals surface area contributed by atoms with E-state index in [-0.39, 0.29) is 38.8 Å². The third kappa shape index (κ3) is 2.96. The van der Waals surface area contributed by atoms with Gasteiger partial charge in [0.25, 0.3) is 0 Å². The molecule has 5 aliphatic carbocycles. The molecule has 5 rings (SSSR count). The van der Waals surface area contributed by atoms with Crippen LogP contribution in [0.15, 0.2) is 34.9 Å². The van der Waals surface area contributed by atoms with E-state index in [0.29, 0.717) is 5.92 Å². The largest absolute Gasteiger partial charge is 0.382 e. The number of carbonyl (C=O) groups is 2. The number of ketones is 1. The predicted molar refractivity (Wildman–Crippen MR) is 141 cm³/mol. The number of aliphatic hydroxyl groups excluding tert-OH is 1. The maximum atomic E-state index is 13.0. The average molecular weight is 496 g/mol. The highest BCUT2D eigenvalue weighted by molar-refractivity contribution is 5.99. The normalized spacial score (nSPS) is 49.9. The molecule has 3 saturated carbocycles. The van der Waals surface area contributed by atoms with Crippen molar-refractivity contribution in [1.82, 2.24) is 5.32 Å². The molecule has 0 saturated heterocycles. The number of nitrogens with one attached hydrogen (secondary N) is 1. The molecule has 0 aromatic rings. The fourth-order valence-corrected chi connectivity index (χ4v) is 9.42. The number of amides is 1. The zero-order valence-corrected chi connectivity index (χ0v) is 23.5. The highest BCUT2D eigenvalue weighted by Gasteiger charge is 2.67. The molecule has 5 heteroatoms. The van der Waals surface area contributed by atoms with E-state index in [1.807, 2.05) is 6.92 Å². The van der Waals surface area contributed by atoms with E-state index in [0.717, 1.165) is 56.1 Å². The van der Waals surface area contributed by atoms with Gasteiger partial charge in [-0.2, -0.15) is 0 Å². The van der Waals surface area contributed by atoms with Crippen LogP contribution in [-0.2, 0) is 14.3 Å². The van der Waals surface area contributed by atoms with Gasteiger partial charge in [-0.05, 0) is 91.3 Å². The number of fused-ring (bicyclic) bond motifs is 7. The van der Waals surface area contributed by atoms with Crippen molar-refractivity contribution >= 4 is 11.7 Å². The number of methoxy groups -OCH3 is 1. The van der Waals surface area contributed by atoms with E-state index in [1.165, 1.54) is 5.57 Å². The first-order valence-electron chi connectivity index (χ1n) is 13.8. The van der Waals surface area contributed by atoms with Gasteiger partial charge in [-0.3, -0.25) is 9.59 Å². The molecule has 0 aliphatic heterocycles. The molecule has 0 aromatic carbocycles. The number of allylic oxidation sites excluding steroid dienone is 3. The van der Waals surface area contributed by atoms with Crippen LogP contribution in [0.25, 0.3) is 0 Å². The SMILES string of the molecule is CNC(=O)[C@]1(C)CC[C@]2(C)CC[C@]3(C)C4=CC=C5C(=CC(=O)[C@H](O)[C@@]5(C)OC)[C@]4(C)CC[C@@]3(C)[C@@H]2C1. The lowest BCUT2D eigenvalue weighted by Gasteiger charge is -2.70. The second-order valence-electron chi connectivity index (χ2n) is 14.0. The van der Waals surface area contributed by atoms with Gasteiger partial charge in [0.2, 0.25) is 5.91 Å². The van der Waals surface area contributed by atoms with Gasteiger partial charge in [-0.15, -0.1) is 0 Å². The van der Waals surface area contributed by atoms with Crippen LogP contribution < -0.4 is 5.32 Å². The number of hydrogen-bond donors (Lipinski definition) is 2. The van der Waals surface area contributed by atoms with E-state index >= 15 is 0 Å². The smallest absolute Gasteiger partial charge is 0.225 e. The molecule has 2 N–H and O–H groups in total. The number of rotatable bonds is 2. The molecule has 36 heavy (non-hydrogen) atoms. The van der Waals surface area contributed by atoms with Crippen molar-refractivity contribution in [2.24, 2.45) is 33.0 Å². The van der Waals surface area contributed by atoms with E-state index < -0.39 is 11.7 Å². The molecule has 0 unspecified atom stereocenters. The fraction of sp³-hybridized carbons (Fsp3) is 0.742. The number of hydrogen-bond acceptors (Lipinski definition) is 4. The Bertz CT molecular complexity index is 1120. The molecule has 0 heterocycles. The Balaban J connectivity index is 1.64. The van der Waals surface area contributed by atoms with Crippen LogP contribution in [0.5, 0.6) is 0 Å². The van der Waals surface area contributed by atoms with Gasteiger partial charge in [0, 0.05) is 25.0 Å². The zero-order valence-electron chi connectivity index (χ0n) is 23.5. The molecule has 0 bridgehead atoms. The lowest BCUT2D eigenvalue weighted by Crippen LogP contribution is -2.63. The molecule has 0 spiro atoms. The quantitative estimate of drug-likeness (QED) is 0.546. The molecule has 198 valence electrons. The maximum absolute atomic E-state index is 13.0. The first-order valence-corrected chi connectivity index (χ1v) is 13.8. The zero-order chi connectivity index (χ0) is 26.5. The molecular formula is C31H45NO4. The number of aliphatic hydroxyl groups is 1. The summed E-state index contributed by atoms with van der Waals surface area (Å²) in [7, 11) is 3.34. The Morgan fingerprint density at radius 3 is 2.28 bits per heavy atom. The summed E-state index contributed by atoms with van der Waals surface area (Å²) < 4.78 is 5.80. The summed E-state index contributed by atoms with van der Waals surface area (Å²) in [5.41, 5.74) is 1.96. The number of ether oxygens (including phenoxy) is 1. The lowest BCUT2D eigenvalue weighted by atomic mass is 9.34. The Kier molecular flexibility index (Phi) is 5.51. The maximum Gasteiger partial charge on any atom is 0.225 e. The van der Waals surface area contributed by atoms with Gasteiger partial charge in [-0.1, -0.05) is 52.3 Å². The first-order chi connectivity index (χ1) is 16.7. The second-order valence-corrected chi connectivity index (χ2v) is 14.0. The van der Waals surface area contributed by atoms with Crippen molar-refractivity contribution in [1.29, 1.82) is 0 Å². The highest BCUT2D eigenvalue weighted by Crippen LogP contribution is 2.75. The van der Waals surface area contributed by atoms with Crippen LogP contribution in [0.1, 0.15) is 86.5 Å². The molecule has 3 fully saturated rings. The minimum absolute atomic E-state index is 0.0451. The van der Waals surface area contributed by atoms with Crippen molar-refractivity contribution in [3.63, 3.8) is 0 Å². The second kappa shape index (κ2) is 7.66. The van der Waals surface area contributed by atoms with Crippen molar-refractivity contribution in [2.45, 2.75) is 98.2 Å². The molecule has 0 radical (unpaired) electrons. The van der Waals surface area contributed by atoms with Crippen LogP contribution in [0.2, 0.25) is 0 Å². The van der Waals surface area contributed by atoms with Crippen LogP contribution in [0, 0.1) is 33.0 Å². The van der Waals surface area contributed by atoms with Crippen molar-refractivity contribution in [2.75, 3.05) is 14.2 Å². The monoisotopic (exact) mass is 495 g/mol. The van der Waals surface area contributed by atoms with E-state index in [9.17, 15) is 14.7 Å². The first kappa shape index (κ1) is 25.9. The summed E-state index contributed by atoms with van der Waals surface area (Å²) in [5.74, 6) is 0.356. The highest BCUT2D eigenvalue weighted by atomic mass is 16.5. The molecule has 1 amide bonds. The van der Waals surface area contributed by atoms with E-state index in [1.54, 1.807) is 20.2 Å². The van der Waals surface area contributed by atoms with E-state index in [2.05, 4.69) is 52.1 Å². The van der Waals surface area contributed by atoms with Crippen LogP contribution in [0.4, 0.5) is 0 Å². The minimum atomic E-state index is -1.19. The van der Waals surface area contributed by atoms with Gasteiger partial charge >= 0.3 is 0 Å². The lowest BCUT2D eigenvalue weighted by molar-refractivity contribution is -0.169. The topological polar surface area (TPSA) is 75.6 Å². The fourth-order valence-electron chi connectivity index (χ4n) is 9.42. The van der Waals surface area contributed by atoms with Gasteiger partial charge in [0.15, 0.2) is 5.78 Å². The summed E-state index contributed by atoms with van der Waals surface area (Å²) in [4.78, 5) is 26.0. The minimum Gasteiger partial charge on any atom is -0.382 e. The Hall–Kier alpha value is -1.72. The van der Waals surface area contributed by atoms with Gasteiger partial charge < -0.3 is 15.2 Å². The van der Waals surface area contributed by atoms with Crippen molar-refractivity contribution in [3.8, 4) is 0 Å². The molecule has 5 nitrogen and oxygen atoms in total. The third-order valence-corrected chi connectivity index (χ3v) is 12.4. The molecule has 0 aromatic heterocycles. The summed E-state index contributed by atoms with van der Waals surface area (Å²) in [5, 5.41) is 13.7. The van der Waals surface area contributed by atoms with Gasteiger partial charge in [0.05, 0.1) is 0 Å². The summed E-state index contributed by atoms with van der Waals surface area (Å²) in [6.07, 6.45) is 12.2. The standard InChI is InChI=1S/C31H45NO4/c1-26-11-12-27(2,25(35)32-7)18-23(26)30(5)16-14-28(3)20-17-21(33)24(34)31(6,36-8)19(20)9-10-22(28)29(30,4)15-13-26/h9-10,17,23-24,34H,11-16,18H2,1-8H3,(H,32,35)/t23-,24+,26-,27-,28+,29-,30+,31+/m1/s1. The molecule has 8 atom stereocenters. The van der Waals surface area contributed by atoms with Crippen LogP contribution in [-0.4, -0.2) is 42.7 Å². The van der Waals surface area contributed by atoms with E-state index in [4.69, 9.17) is 4.74 Å². The number of carbonyl (C=O) groups excluding carboxylic acids is 2. The average Bonchev–Trinajstić information content (AvgIpc) is 2.85. The van der Waals surface area contributed by atoms with Gasteiger partial charge in [0.1, 0.15) is 11.7 Å². The van der Waals surface area contributed by atoms with Crippen LogP contribution in [0.3, 0.4) is 0 Å². The Morgan fingerprint density at radius 1 is 0.972 bits per heavy atom. The third-order valence-electron chi connectivity index (χ3n) is 12.4. The predicted octanol–water partition coefficient (Wildman–Crippen LogP) is 5.29. The van der Waals surface area contributed by atoms with Crippen molar-refractivity contribution < 1.29 is 19.4 Å². The van der Waals surface area contributed by atoms with Crippen molar-refractivity contribution in [3.05, 3.63) is 34.9 Å². The Morgan fingerprint density at radius 2 is 1.64 bits per heavy atom. The summed E-state index contributed by atoms with van der Waals surface area (Å²) >= 11 is 0. The van der Waals surface area contributed by atoms with Gasteiger partial charge in [-0.25, -0.2) is 0 Å². The Labute approximate surface area is 216 Å². The summed E-state index contributed by atoms with van der Waals surface area (Å²) in [6, 6.07) is 0. The van der Waals surface area contributed by atoms with Crippen LogP contribution >= 0.6 is 0 Å². The molecule has 5 aliphatic rings.